The number of hydrogen-bond donors (Lipinski definition) is 1. The zero-order chi connectivity index (χ0) is 24.7. The number of carbonyl (C=O) groups is 2. The number of likely N-dealkylation sites (tertiary alicyclic amines) is 1. The van der Waals surface area contributed by atoms with Crippen molar-refractivity contribution in [2.45, 2.75) is 44.8 Å². The van der Waals surface area contributed by atoms with Crippen LogP contribution < -0.4 is 5.32 Å². The molecule has 1 heterocycles. The third kappa shape index (κ3) is 7.48. The van der Waals surface area contributed by atoms with Crippen LogP contribution in [0.2, 0.25) is 0 Å². The molecule has 0 aliphatic carbocycles. The predicted octanol–water partition coefficient (Wildman–Crippen LogP) is 6.36. The first kappa shape index (κ1) is 26.1. The number of benzene rings is 2. The molecule has 184 valence electrons. The van der Waals surface area contributed by atoms with Crippen molar-refractivity contribution in [1.29, 1.82) is 0 Å². The molecule has 2 aromatic rings. The Balaban J connectivity index is 1.68. The Labute approximate surface area is 205 Å². The highest BCUT2D eigenvalue weighted by Crippen LogP contribution is 2.31. The van der Waals surface area contributed by atoms with Crippen molar-refractivity contribution in [3.05, 3.63) is 64.1 Å². The highest BCUT2D eigenvalue weighted by atomic mass is 79.9. The Morgan fingerprint density at radius 1 is 1.15 bits per heavy atom. The van der Waals surface area contributed by atoms with Crippen LogP contribution in [0.1, 0.15) is 54.6 Å². The normalized spacial score (nSPS) is 17.2. The van der Waals surface area contributed by atoms with Crippen LogP contribution in [0.5, 0.6) is 0 Å². The Bertz CT molecular complexity index is 965. The lowest BCUT2D eigenvalue weighted by atomic mass is 9.97. The molecular weight excluding hydrogens is 513 g/mol. The highest BCUT2D eigenvalue weighted by Gasteiger charge is 2.30. The molecule has 0 saturated carbocycles. The SMILES string of the molecule is CCOC(=O)[C@@H]1CCCN(C(=O)c2ccc(NC(CCC(F)(F)F)c3ccc(Br)cc3)cc2)C1. The van der Waals surface area contributed by atoms with Crippen LogP contribution in [0.4, 0.5) is 18.9 Å². The molecule has 1 saturated heterocycles. The predicted molar refractivity (Wildman–Crippen MR) is 127 cm³/mol. The molecule has 1 fully saturated rings. The summed E-state index contributed by atoms with van der Waals surface area (Å²) in [6, 6.07) is 13.3. The molecule has 0 spiro atoms. The van der Waals surface area contributed by atoms with Crippen LogP contribution in [-0.2, 0) is 9.53 Å². The van der Waals surface area contributed by atoms with E-state index in [9.17, 15) is 22.8 Å². The van der Waals surface area contributed by atoms with E-state index in [2.05, 4.69) is 21.2 Å². The lowest BCUT2D eigenvalue weighted by Crippen LogP contribution is -2.42. The summed E-state index contributed by atoms with van der Waals surface area (Å²) in [7, 11) is 0. The van der Waals surface area contributed by atoms with Crippen molar-refractivity contribution in [2.24, 2.45) is 5.92 Å². The van der Waals surface area contributed by atoms with E-state index < -0.39 is 18.6 Å². The van der Waals surface area contributed by atoms with Crippen LogP contribution in [0.3, 0.4) is 0 Å². The van der Waals surface area contributed by atoms with Crippen molar-refractivity contribution in [3.8, 4) is 0 Å². The van der Waals surface area contributed by atoms with E-state index in [0.29, 0.717) is 37.4 Å². The minimum Gasteiger partial charge on any atom is -0.466 e. The van der Waals surface area contributed by atoms with Gasteiger partial charge in [-0.3, -0.25) is 9.59 Å². The van der Waals surface area contributed by atoms with Crippen LogP contribution in [0, 0.1) is 5.92 Å². The standard InChI is InChI=1S/C25H28BrF3N2O3/c1-2-34-24(33)19-4-3-15-31(16-19)23(32)18-7-11-21(12-8-18)30-22(13-14-25(27,28)29)17-5-9-20(26)10-6-17/h5-12,19,22,30H,2-4,13-16H2,1H3/t19-,22?/m1/s1. The summed E-state index contributed by atoms with van der Waals surface area (Å²) in [5.74, 6) is -0.779. The van der Waals surface area contributed by atoms with Gasteiger partial charge in [0.05, 0.1) is 18.6 Å². The van der Waals surface area contributed by atoms with E-state index in [0.717, 1.165) is 16.5 Å². The van der Waals surface area contributed by atoms with Gasteiger partial charge in [-0.15, -0.1) is 0 Å². The lowest BCUT2D eigenvalue weighted by molar-refractivity contribution is -0.149. The molecule has 1 amide bonds. The first-order chi connectivity index (χ1) is 16.2. The Morgan fingerprint density at radius 3 is 2.44 bits per heavy atom. The molecule has 0 radical (unpaired) electrons. The van der Waals surface area contributed by atoms with Gasteiger partial charge in [0.2, 0.25) is 0 Å². The van der Waals surface area contributed by atoms with Crippen molar-refractivity contribution in [1.82, 2.24) is 4.90 Å². The first-order valence-electron chi connectivity index (χ1n) is 11.3. The molecule has 2 aromatic carbocycles. The summed E-state index contributed by atoms with van der Waals surface area (Å²) >= 11 is 3.34. The fourth-order valence-corrected chi connectivity index (χ4v) is 4.30. The number of alkyl halides is 3. The third-order valence-electron chi connectivity index (χ3n) is 5.79. The van der Waals surface area contributed by atoms with Gasteiger partial charge in [0.25, 0.3) is 5.91 Å². The monoisotopic (exact) mass is 540 g/mol. The quantitative estimate of drug-likeness (QED) is 0.396. The van der Waals surface area contributed by atoms with Crippen LogP contribution >= 0.6 is 15.9 Å². The topological polar surface area (TPSA) is 58.6 Å². The van der Waals surface area contributed by atoms with Crippen LogP contribution in [-0.4, -0.2) is 42.6 Å². The number of piperidine rings is 1. The van der Waals surface area contributed by atoms with Crippen LogP contribution in [0.15, 0.2) is 53.0 Å². The number of ether oxygens (including phenoxy) is 1. The number of anilines is 1. The second kappa shape index (κ2) is 11.7. The van der Waals surface area contributed by atoms with Crippen molar-refractivity contribution in [3.63, 3.8) is 0 Å². The van der Waals surface area contributed by atoms with E-state index in [1.807, 2.05) is 0 Å². The molecule has 1 unspecified atom stereocenters. The summed E-state index contributed by atoms with van der Waals surface area (Å²) < 4.78 is 44.5. The minimum atomic E-state index is -4.25. The van der Waals surface area contributed by atoms with E-state index in [1.165, 1.54) is 0 Å². The maximum atomic E-state index is 12.9. The number of halogens is 4. The zero-order valence-electron chi connectivity index (χ0n) is 18.9. The Hall–Kier alpha value is -2.55. The fraction of sp³-hybridized carbons (Fsp3) is 0.440. The first-order valence-corrected chi connectivity index (χ1v) is 12.1. The molecular formula is C25H28BrF3N2O3. The summed E-state index contributed by atoms with van der Waals surface area (Å²) in [5, 5.41) is 3.17. The maximum Gasteiger partial charge on any atom is 0.389 e. The Kier molecular flexibility index (Phi) is 8.99. The number of rotatable bonds is 8. The highest BCUT2D eigenvalue weighted by molar-refractivity contribution is 9.10. The van der Waals surface area contributed by atoms with E-state index in [-0.39, 0.29) is 24.2 Å². The van der Waals surface area contributed by atoms with E-state index >= 15 is 0 Å². The van der Waals surface area contributed by atoms with Gasteiger partial charge in [0, 0.05) is 35.2 Å². The minimum absolute atomic E-state index is 0.116. The summed E-state index contributed by atoms with van der Waals surface area (Å²) in [6.45, 7) is 2.95. The molecule has 34 heavy (non-hydrogen) atoms. The molecule has 3 rings (SSSR count). The van der Waals surface area contributed by atoms with Crippen LogP contribution in [0.25, 0.3) is 0 Å². The van der Waals surface area contributed by atoms with Crippen molar-refractivity contribution >= 4 is 33.5 Å². The van der Waals surface area contributed by atoms with E-state index in [4.69, 9.17) is 4.74 Å². The molecule has 1 aliphatic heterocycles. The van der Waals surface area contributed by atoms with Crippen molar-refractivity contribution in [2.75, 3.05) is 25.0 Å². The van der Waals surface area contributed by atoms with Gasteiger partial charge in [-0.25, -0.2) is 0 Å². The second-order valence-electron chi connectivity index (χ2n) is 8.32. The maximum absolute atomic E-state index is 12.9. The number of esters is 1. The van der Waals surface area contributed by atoms with E-state index in [1.54, 1.807) is 60.4 Å². The average molecular weight is 541 g/mol. The number of amides is 1. The number of nitrogens with one attached hydrogen (secondary N) is 1. The second-order valence-corrected chi connectivity index (χ2v) is 9.24. The summed E-state index contributed by atoms with van der Waals surface area (Å²) in [6.07, 6.45) is -3.85. The molecule has 9 heteroatoms. The van der Waals surface area contributed by atoms with Gasteiger partial charge >= 0.3 is 12.1 Å². The fourth-order valence-electron chi connectivity index (χ4n) is 4.03. The average Bonchev–Trinajstić information content (AvgIpc) is 2.82. The number of hydrogen-bond acceptors (Lipinski definition) is 4. The van der Waals surface area contributed by atoms with Gasteiger partial charge in [0.15, 0.2) is 0 Å². The molecule has 2 atom stereocenters. The molecule has 0 bridgehead atoms. The smallest absolute Gasteiger partial charge is 0.389 e. The van der Waals surface area contributed by atoms with Gasteiger partial charge in [-0.2, -0.15) is 13.2 Å². The molecule has 5 nitrogen and oxygen atoms in total. The van der Waals surface area contributed by atoms with Gasteiger partial charge < -0.3 is 15.0 Å². The lowest BCUT2D eigenvalue weighted by Gasteiger charge is -2.31. The molecule has 1 N–H and O–H groups in total. The molecule has 0 aromatic heterocycles. The largest absolute Gasteiger partial charge is 0.466 e. The van der Waals surface area contributed by atoms with Gasteiger partial charge in [0.1, 0.15) is 0 Å². The number of carbonyl (C=O) groups excluding carboxylic acids is 2. The Morgan fingerprint density at radius 2 is 1.82 bits per heavy atom. The zero-order valence-corrected chi connectivity index (χ0v) is 20.5. The summed E-state index contributed by atoms with van der Waals surface area (Å²) in [4.78, 5) is 26.7. The van der Waals surface area contributed by atoms with Crippen molar-refractivity contribution < 1.29 is 27.5 Å². The number of nitrogens with zero attached hydrogens (tertiary/aromatic N) is 1. The molecule has 1 aliphatic rings. The van der Waals surface area contributed by atoms with Gasteiger partial charge in [-0.05, 0) is 68.1 Å². The third-order valence-corrected chi connectivity index (χ3v) is 6.32. The van der Waals surface area contributed by atoms with Gasteiger partial charge in [-0.1, -0.05) is 28.1 Å². The summed E-state index contributed by atoms with van der Waals surface area (Å²) in [5.41, 5.74) is 1.83.